The highest BCUT2D eigenvalue weighted by Gasteiger charge is 2.46. The Kier molecular flexibility index (Phi) is 2.14. The molecule has 0 N–H and O–H groups in total. The Morgan fingerprint density at radius 3 is 2.69 bits per heavy atom. The average Bonchev–Trinajstić information content (AvgIpc) is 2.63. The van der Waals surface area contributed by atoms with Gasteiger partial charge in [-0.25, -0.2) is 0 Å². The van der Waals surface area contributed by atoms with Crippen molar-refractivity contribution < 1.29 is 9.53 Å². The third-order valence-electron chi connectivity index (χ3n) is 3.41. The third-order valence-corrected chi connectivity index (χ3v) is 3.41. The predicted molar refractivity (Wildman–Crippen MR) is 50.0 cm³/mol. The Morgan fingerprint density at radius 1 is 1.46 bits per heavy atom. The topological polar surface area (TPSA) is 26.3 Å². The van der Waals surface area contributed by atoms with E-state index in [4.69, 9.17) is 4.74 Å². The summed E-state index contributed by atoms with van der Waals surface area (Å²) in [6.45, 7) is 4.53. The predicted octanol–water partition coefficient (Wildman–Crippen LogP) is 2.01. The normalized spacial score (nSPS) is 41.1. The van der Waals surface area contributed by atoms with Crippen LogP contribution in [-0.2, 0) is 9.53 Å². The van der Waals surface area contributed by atoms with Crippen molar-refractivity contribution in [1.82, 2.24) is 0 Å². The number of fused-ring (bicyclic) bond motifs is 2. The van der Waals surface area contributed by atoms with Gasteiger partial charge in [0.15, 0.2) is 0 Å². The molecule has 0 saturated heterocycles. The molecule has 4 unspecified atom stereocenters. The van der Waals surface area contributed by atoms with Gasteiger partial charge < -0.3 is 4.74 Å². The van der Waals surface area contributed by atoms with Crippen molar-refractivity contribution in [2.45, 2.75) is 20.3 Å². The number of esters is 1. The highest BCUT2D eigenvalue weighted by molar-refractivity contribution is 5.74. The minimum atomic E-state index is 0.00634. The molecule has 0 aliphatic heterocycles. The first-order valence-corrected chi connectivity index (χ1v) is 5.09. The highest BCUT2D eigenvalue weighted by Crippen LogP contribution is 2.48. The number of carbonyl (C=O) groups is 1. The first-order chi connectivity index (χ1) is 6.24. The van der Waals surface area contributed by atoms with Crippen LogP contribution in [0.1, 0.15) is 20.3 Å². The molecular formula is C11H16O2. The van der Waals surface area contributed by atoms with E-state index in [2.05, 4.69) is 19.1 Å². The lowest BCUT2D eigenvalue weighted by Crippen LogP contribution is -2.27. The summed E-state index contributed by atoms with van der Waals surface area (Å²) in [4.78, 5) is 11.6. The summed E-state index contributed by atoms with van der Waals surface area (Å²) in [5.41, 5.74) is 0. The van der Waals surface area contributed by atoms with Gasteiger partial charge in [0.25, 0.3) is 0 Å². The molecule has 0 heterocycles. The summed E-state index contributed by atoms with van der Waals surface area (Å²) in [6, 6.07) is 0. The molecule has 13 heavy (non-hydrogen) atoms. The molecular weight excluding hydrogens is 164 g/mol. The van der Waals surface area contributed by atoms with E-state index in [0.717, 1.165) is 6.42 Å². The average molecular weight is 180 g/mol. The summed E-state index contributed by atoms with van der Waals surface area (Å²) in [5.74, 6) is 1.70. The van der Waals surface area contributed by atoms with E-state index in [9.17, 15) is 4.79 Å². The van der Waals surface area contributed by atoms with Crippen molar-refractivity contribution in [3.63, 3.8) is 0 Å². The Labute approximate surface area is 79.0 Å². The fourth-order valence-electron chi connectivity index (χ4n) is 2.70. The van der Waals surface area contributed by atoms with E-state index in [1.54, 1.807) is 0 Å². The van der Waals surface area contributed by atoms with Crippen LogP contribution in [0.3, 0.4) is 0 Å². The smallest absolute Gasteiger partial charge is 0.309 e. The molecule has 4 atom stereocenters. The zero-order valence-corrected chi connectivity index (χ0v) is 8.19. The van der Waals surface area contributed by atoms with Crippen LogP contribution in [0.4, 0.5) is 0 Å². The monoisotopic (exact) mass is 180 g/mol. The van der Waals surface area contributed by atoms with Gasteiger partial charge in [-0.15, -0.1) is 0 Å². The van der Waals surface area contributed by atoms with Crippen LogP contribution in [0.15, 0.2) is 12.2 Å². The van der Waals surface area contributed by atoms with Gasteiger partial charge in [-0.3, -0.25) is 4.79 Å². The minimum absolute atomic E-state index is 0.00634. The Hall–Kier alpha value is -0.790. The van der Waals surface area contributed by atoms with E-state index in [1.807, 2.05) is 6.92 Å². The van der Waals surface area contributed by atoms with Crippen LogP contribution in [-0.4, -0.2) is 12.6 Å². The summed E-state index contributed by atoms with van der Waals surface area (Å²) < 4.78 is 5.08. The first-order valence-electron chi connectivity index (χ1n) is 5.09. The number of hydrogen-bond donors (Lipinski definition) is 0. The van der Waals surface area contributed by atoms with Crippen molar-refractivity contribution in [3.8, 4) is 0 Å². The second kappa shape index (κ2) is 3.17. The Bertz CT molecular complexity index is 244. The van der Waals surface area contributed by atoms with Crippen LogP contribution in [0.5, 0.6) is 0 Å². The lowest BCUT2D eigenvalue weighted by atomic mass is 9.84. The van der Waals surface area contributed by atoms with Gasteiger partial charge in [0, 0.05) is 0 Å². The van der Waals surface area contributed by atoms with Gasteiger partial charge in [-0.05, 0) is 31.1 Å². The second-order valence-corrected chi connectivity index (χ2v) is 4.09. The van der Waals surface area contributed by atoms with E-state index in [0.29, 0.717) is 24.4 Å². The minimum Gasteiger partial charge on any atom is -0.466 e. The van der Waals surface area contributed by atoms with E-state index in [1.165, 1.54) is 0 Å². The van der Waals surface area contributed by atoms with Crippen LogP contribution in [0.2, 0.25) is 0 Å². The van der Waals surface area contributed by atoms with E-state index >= 15 is 0 Å². The number of rotatable bonds is 2. The summed E-state index contributed by atoms with van der Waals surface area (Å²) in [7, 11) is 0. The second-order valence-electron chi connectivity index (χ2n) is 4.09. The summed E-state index contributed by atoms with van der Waals surface area (Å²) in [5, 5.41) is 0. The highest BCUT2D eigenvalue weighted by atomic mass is 16.5. The standard InChI is InChI=1S/C11H16O2/c1-3-13-11(12)10-7(2)8-4-5-9(10)6-8/h4-5,7-10H,3,6H2,1-2H3. The van der Waals surface area contributed by atoms with Crippen molar-refractivity contribution >= 4 is 5.97 Å². The van der Waals surface area contributed by atoms with Gasteiger partial charge in [0.2, 0.25) is 0 Å². The molecule has 0 spiro atoms. The van der Waals surface area contributed by atoms with Crippen LogP contribution < -0.4 is 0 Å². The van der Waals surface area contributed by atoms with Gasteiger partial charge in [0.1, 0.15) is 0 Å². The molecule has 2 heteroatoms. The molecule has 0 aromatic carbocycles. The zero-order chi connectivity index (χ0) is 9.42. The molecule has 1 fully saturated rings. The molecule has 2 nitrogen and oxygen atoms in total. The SMILES string of the molecule is CCOC(=O)C1C2C=CC(C2)C1C. The maximum Gasteiger partial charge on any atom is 0.309 e. The fourth-order valence-corrected chi connectivity index (χ4v) is 2.70. The largest absolute Gasteiger partial charge is 0.466 e. The molecule has 0 aromatic heterocycles. The van der Waals surface area contributed by atoms with E-state index in [-0.39, 0.29) is 11.9 Å². The van der Waals surface area contributed by atoms with Crippen molar-refractivity contribution in [3.05, 3.63) is 12.2 Å². The summed E-state index contributed by atoms with van der Waals surface area (Å²) in [6.07, 6.45) is 5.60. The maximum absolute atomic E-state index is 11.6. The van der Waals surface area contributed by atoms with Gasteiger partial charge in [-0.1, -0.05) is 19.1 Å². The van der Waals surface area contributed by atoms with Crippen LogP contribution in [0.25, 0.3) is 0 Å². The molecule has 0 amide bonds. The lowest BCUT2D eigenvalue weighted by molar-refractivity contribution is -0.150. The van der Waals surface area contributed by atoms with Gasteiger partial charge in [0.05, 0.1) is 12.5 Å². The number of hydrogen-bond acceptors (Lipinski definition) is 2. The molecule has 0 radical (unpaired) electrons. The summed E-state index contributed by atoms with van der Waals surface area (Å²) >= 11 is 0. The van der Waals surface area contributed by atoms with Gasteiger partial charge in [-0.2, -0.15) is 0 Å². The first kappa shape index (κ1) is 8.79. The number of allylic oxidation sites excluding steroid dienone is 2. The van der Waals surface area contributed by atoms with Gasteiger partial charge >= 0.3 is 5.97 Å². The van der Waals surface area contributed by atoms with Crippen molar-refractivity contribution in [2.75, 3.05) is 6.61 Å². The Morgan fingerprint density at radius 2 is 2.15 bits per heavy atom. The molecule has 2 bridgehead atoms. The quantitative estimate of drug-likeness (QED) is 0.480. The van der Waals surface area contributed by atoms with Crippen molar-refractivity contribution in [1.29, 1.82) is 0 Å². The molecule has 2 rings (SSSR count). The number of carbonyl (C=O) groups excluding carboxylic acids is 1. The van der Waals surface area contributed by atoms with Crippen LogP contribution >= 0.6 is 0 Å². The zero-order valence-electron chi connectivity index (χ0n) is 8.19. The van der Waals surface area contributed by atoms with Crippen molar-refractivity contribution in [2.24, 2.45) is 23.7 Å². The lowest BCUT2D eigenvalue weighted by Gasteiger charge is -2.22. The molecule has 2 aliphatic carbocycles. The van der Waals surface area contributed by atoms with Crippen LogP contribution in [0, 0.1) is 23.7 Å². The fraction of sp³-hybridized carbons (Fsp3) is 0.727. The maximum atomic E-state index is 11.6. The van der Waals surface area contributed by atoms with E-state index < -0.39 is 0 Å². The number of ether oxygens (including phenoxy) is 1. The molecule has 0 aromatic rings. The molecule has 1 saturated carbocycles. The molecule has 2 aliphatic rings. The Balaban J connectivity index is 2.08. The molecule has 72 valence electrons. The third kappa shape index (κ3) is 1.28.